The van der Waals surface area contributed by atoms with E-state index in [2.05, 4.69) is 4.98 Å². The molecule has 100 valence electrons. The quantitative estimate of drug-likeness (QED) is 0.814. The summed E-state index contributed by atoms with van der Waals surface area (Å²) in [6.45, 7) is 1.74. The molecule has 0 aliphatic carbocycles. The highest BCUT2D eigenvalue weighted by Crippen LogP contribution is 2.10. The standard InChI is InChI=1S/C13H14N2O4/c1-2-19-13(18)11-12(17)15(7-8-16)10-6-4-3-5-9(10)14-11/h3-6,16H,2,7-8H2,1H3. The van der Waals surface area contributed by atoms with Gasteiger partial charge in [0.25, 0.3) is 5.56 Å². The van der Waals surface area contributed by atoms with Gasteiger partial charge in [0.2, 0.25) is 5.69 Å². The lowest BCUT2D eigenvalue weighted by molar-refractivity contribution is 0.0516. The van der Waals surface area contributed by atoms with Crippen LogP contribution in [0.3, 0.4) is 0 Å². The molecule has 0 aliphatic rings. The van der Waals surface area contributed by atoms with E-state index in [0.717, 1.165) is 0 Å². The first-order valence-corrected chi connectivity index (χ1v) is 5.96. The van der Waals surface area contributed by atoms with Gasteiger partial charge in [0, 0.05) is 6.54 Å². The van der Waals surface area contributed by atoms with E-state index in [-0.39, 0.29) is 25.5 Å². The van der Waals surface area contributed by atoms with Crippen LogP contribution in [0.4, 0.5) is 0 Å². The first-order chi connectivity index (χ1) is 9.19. The summed E-state index contributed by atoms with van der Waals surface area (Å²) in [7, 11) is 0. The minimum atomic E-state index is -0.745. The van der Waals surface area contributed by atoms with Crippen molar-refractivity contribution in [3.63, 3.8) is 0 Å². The molecule has 6 heteroatoms. The predicted molar refractivity (Wildman–Crippen MR) is 69.0 cm³/mol. The van der Waals surface area contributed by atoms with E-state index in [4.69, 9.17) is 9.84 Å². The Morgan fingerprint density at radius 3 is 2.84 bits per heavy atom. The van der Waals surface area contributed by atoms with Crippen molar-refractivity contribution in [3.05, 3.63) is 40.3 Å². The van der Waals surface area contributed by atoms with Crippen LogP contribution < -0.4 is 5.56 Å². The lowest BCUT2D eigenvalue weighted by Crippen LogP contribution is -2.30. The zero-order valence-corrected chi connectivity index (χ0v) is 10.5. The zero-order chi connectivity index (χ0) is 13.8. The van der Waals surface area contributed by atoms with Gasteiger partial charge in [-0.1, -0.05) is 12.1 Å². The zero-order valence-electron chi connectivity index (χ0n) is 10.5. The van der Waals surface area contributed by atoms with Crippen molar-refractivity contribution in [2.24, 2.45) is 0 Å². The van der Waals surface area contributed by atoms with Gasteiger partial charge < -0.3 is 14.4 Å². The van der Waals surface area contributed by atoms with E-state index >= 15 is 0 Å². The highest BCUT2D eigenvalue weighted by Gasteiger charge is 2.18. The van der Waals surface area contributed by atoms with Crippen LogP contribution in [-0.2, 0) is 11.3 Å². The number of hydrogen-bond donors (Lipinski definition) is 1. The maximum Gasteiger partial charge on any atom is 0.362 e. The number of rotatable bonds is 4. The normalized spacial score (nSPS) is 10.6. The molecule has 0 fully saturated rings. The number of carbonyl (C=O) groups is 1. The molecular formula is C13H14N2O4. The van der Waals surface area contributed by atoms with Gasteiger partial charge >= 0.3 is 5.97 Å². The van der Waals surface area contributed by atoms with E-state index < -0.39 is 11.5 Å². The Morgan fingerprint density at radius 1 is 1.42 bits per heavy atom. The fourth-order valence-electron chi connectivity index (χ4n) is 1.85. The topological polar surface area (TPSA) is 81.4 Å². The van der Waals surface area contributed by atoms with Crippen molar-refractivity contribution in [2.45, 2.75) is 13.5 Å². The van der Waals surface area contributed by atoms with Crippen molar-refractivity contribution in [1.29, 1.82) is 0 Å². The minimum Gasteiger partial charge on any atom is -0.461 e. The third-order valence-electron chi connectivity index (χ3n) is 2.64. The lowest BCUT2D eigenvalue weighted by Gasteiger charge is -2.10. The summed E-state index contributed by atoms with van der Waals surface area (Å²) in [5.41, 5.74) is 0.286. The summed E-state index contributed by atoms with van der Waals surface area (Å²) < 4.78 is 6.14. The fraction of sp³-hybridized carbons (Fsp3) is 0.308. The molecule has 0 unspecified atom stereocenters. The van der Waals surface area contributed by atoms with Gasteiger partial charge in [0.15, 0.2) is 0 Å². The second-order valence-corrected chi connectivity index (χ2v) is 3.85. The number of fused-ring (bicyclic) bond motifs is 1. The van der Waals surface area contributed by atoms with E-state index in [1.807, 2.05) is 0 Å². The third-order valence-corrected chi connectivity index (χ3v) is 2.64. The van der Waals surface area contributed by atoms with Gasteiger partial charge in [0.1, 0.15) is 0 Å². The Morgan fingerprint density at radius 2 is 2.16 bits per heavy atom. The number of aromatic nitrogens is 2. The van der Waals surface area contributed by atoms with Crippen LogP contribution in [0.1, 0.15) is 17.4 Å². The second-order valence-electron chi connectivity index (χ2n) is 3.85. The molecule has 0 atom stereocenters. The first kappa shape index (κ1) is 13.2. The molecule has 0 saturated heterocycles. The summed E-state index contributed by atoms with van der Waals surface area (Å²) in [6, 6.07) is 6.94. The number of esters is 1. The minimum absolute atomic E-state index is 0.105. The molecule has 6 nitrogen and oxygen atoms in total. The molecule has 0 bridgehead atoms. The van der Waals surface area contributed by atoms with E-state index in [0.29, 0.717) is 11.0 Å². The highest BCUT2D eigenvalue weighted by molar-refractivity contribution is 5.89. The Kier molecular flexibility index (Phi) is 3.91. The molecule has 0 aliphatic heterocycles. The number of carbonyl (C=O) groups excluding carboxylic acids is 1. The van der Waals surface area contributed by atoms with Gasteiger partial charge in [-0.05, 0) is 19.1 Å². The monoisotopic (exact) mass is 262 g/mol. The number of nitrogens with zero attached hydrogens (tertiary/aromatic N) is 2. The molecule has 0 spiro atoms. The van der Waals surface area contributed by atoms with Crippen molar-refractivity contribution >= 4 is 17.0 Å². The number of benzene rings is 1. The van der Waals surface area contributed by atoms with Crippen LogP contribution in [0, 0.1) is 0 Å². The van der Waals surface area contributed by atoms with Gasteiger partial charge in [-0.15, -0.1) is 0 Å². The number of hydrogen-bond acceptors (Lipinski definition) is 5. The summed E-state index contributed by atoms with van der Waals surface area (Å²) in [5.74, 6) is -0.745. The predicted octanol–water partition coefficient (Wildman–Crippen LogP) is 0.565. The lowest BCUT2D eigenvalue weighted by atomic mass is 10.2. The third kappa shape index (κ3) is 2.48. The summed E-state index contributed by atoms with van der Waals surface area (Å²) >= 11 is 0. The second kappa shape index (κ2) is 5.62. The van der Waals surface area contributed by atoms with Gasteiger partial charge in [-0.25, -0.2) is 9.78 Å². The number of aliphatic hydroxyl groups is 1. The van der Waals surface area contributed by atoms with Crippen molar-refractivity contribution in [2.75, 3.05) is 13.2 Å². The maximum absolute atomic E-state index is 12.2. The van der Waals surface area contributed by atoms with Crippen LogP contribution in [0.15, 0.2) is 29.1 Å². The van der Waals surface area contributed by atoms with E-state index in [9.17, 15) is 9.59 Å². The van der Waals surface area contributed by atoms with Crippen molar-refractivity contribution < 1.29 is 14.6 Å². The molecule has 1 heterocycles. The van der Waals surface area contributed by atoms with Crippen molar-refractivity contribution in [3.8, 4) is 0 Å². The summed E-state index contributed by atoms with van der Waals surface area (Å²) in [6.07, 6.45) is 0. The van der Waals surface area contributed by atoms with Crippen LogP contribution in [0.5, 0.6) is 0 Å². The fourth-order valence-corrected chi connectivity index (χ4v) is 1.85. The Labute approximate surface area is 109 Å². The summed E-state index contributed by atoms with van der Waals surface area (Å²) in [4.78, 5) is 27.9. The SMILES string of the molecule is CCOC(=O)c1nc2ccccc2n(CCO)c1=O. The smallest absolute Gasteiger partial charge is 0.362 e. The van der Waals surface area contributed by atoms with Gasteiger partial charge in [0.05, 0.1) is 24.2 Å². The van der Waals surface area contributed by atoms with Gasteiger partial charge in [-0.3, -0.25) is 4.79 Å². The molecule has 1 N–H and O–H groups in total. The van der Waals surface area contributed by atoms with Crippen molar-refractivity contribution in [1.82, 2.24) is 9.55 Å². The summed E-state index contributed by atoms with van der Waals surface area (Å²) in [5, 5.41) is 9.04. The van der Waals surface area contributed by atoms with Crippen LogP contribution in [0.2, 0.25) is 0 Å². The molecule has 1 aromatic heterocycles. The molecule has 2 rings (SSSR count). The Hall–Kier alpha value is -2.21. The number of ether oxygens (including phenoxy) is 1. The van der Waals surface area contributed by atoms with E-state index in [1.54, 1.807) is 31.2 Å². The molecule has 0 radical (unpaired) electrons. The van der Waals surface area contributed by atoms with Crippen LogP contribution in [-0.4, -0.2) is 33.8 Å². The Bertz CT molecular complexity index is 663. The highest BCUT2D eigenvalue weighted by atomic mass is 16.5. The number of para-hydroxylation sites is 2. The van der Waals surface area contributed by atoms with Crippen LogP contribution >= 0.6 is 0 Å². The largest absolute Gasteiger partial charge is 0.461 e. The molecule has 2 aromatic rings. The number of aliphatic hydroxyl groups excluding tert-OH is 1. The van der Waals surface area contributed by atoms with Crippen LogP contribution in [0.25, 0.3) is 11.0 Å². The van der Waals surface area contributed by atoms with Gasteiger partial charge in [-0.2, -0.15) is 0 Å². The van der Waals surface area contributed by atoms with E-state index in [1.165, 1.54) is 4.57 Å². The molecule has 0 saturated carbocycles. The Balaban J connectivity index is 2.70. The average molecular weight is 262 g/mol. The molecule has 19 heavy (non-hydrogen) atoms. The maximum atomic E-state index is 12.2. The average Bonchev–Trinajstić information content (AvgIpc) is 2.42. The molecular weight excluding hydrogens is 248 g/mol. The molecule has 1 aromatic carbocycles. The first-order valence-electron chi connectivity index (χ1n) is 5.96. The molecule has 0 amide bonds.